The number of ether oxygens (including phenoxy) is 2. The Morgan fingerprint density at radius 2 is 1.88 bits per heavy atom. The number of benzene rings is 1. The van der Waals surface area contributed by atoms with Crippen molar-refractivity contribution in [2.45, 2.75) is 107 Å². The smallest absolute Gasteiger partial charge is 0.405 e. The van der Waals surface area contributed by atoms with Gasteiger partial charge in [0.1, 0.15) is 29.5 Å². The maximum Gasteiger partial charge on any atom is 0.405 e. The predicted molar refractivity (Wildman–Crippen MR) is 190 cm³/mol. The number of carbonyl (C=O) groups is 4. The summed E-state index contributed by atoms with van der Waals surface area (Å²) in [7, 11) is -4.00. The van der Waals surface area contributed by atoms with Crippen molar-refractivity contribution < 1.29 is 42.2 Å². The van der Waals surface area contributed by atoms with Crippen LogP contribution in [0.2, 0.25) is 0 Å². The van der Waals surface area contributed by atoms with E-state index in [4.69, 9.17) is 14.5 Å². The number of hydrogen-bond donors (Lipinski definition) is 4. The number of carbonyl (C=O) groups excluding carboxylic acids is 3. The number of hydrogen-bond acceptors (Lipinski definition) is 9. The van der Waals surface area contributed by atoms with Gasteiger partial charge in [-0.2, -0.15) is 0 Å². The second kappa shape index (κ2) is 13.5. The van der Waals surface area contributed by atoms with Crippen LogP contribution in [0.3, 0.4) is 0 Å². The highest BCUT2D eigenvalue weighted by Gasteiger charge is 2.63. The van der Waals surface area contributed by atoms with Crippen LogP contribution in [0.15, 0.2) is 36.4 Å². The number of fused-ring (bicyclic) bond motifs is 5. The molecule has 52 heavy (non-hydrogen) atoms. The van der Waals surface area contributed by atoms with Crippen molar-refractivity contribution in [3.63, 3.8) is 0 Å². The summed E-state index contributed by atoms with van der Waals surface area (Å²) in [6, 6.07) is 5.27. The van der Waals surface area contributed by atoms with Crippen LogP contribution < -0.4 is 24.8 Å². The number of pyridine rings is 1. The van der Waals surface area contributed by atoms with Gasteiger partial charge >= 0.3 is 6.09 Å². The molecule has 2 saturated carbocycles. The molecule has 1 saturated heterocycles. The third-order valence-electron chi connectivity index (χ3n) is 11.5. The molecule has 2 aromatic rings. The molecule has 280 valence electrons. The molecule has 0 unspecified atom stereocenters. The summed E-state index contributed by atoms with van der Waals surface area (Å²) in [5, 5.41) is 16.6. The number of allylic oxidation sites excluding steroid dienone is 1. The lowest BCUT2D eigenvalue weighted by atomic mass is 9.88. The first kappa shape index (κ1) is 36.0. The topological polar surface area (TPSA) is 193 Å². The van der Waals surface area contributed by atoms with Crippen LogP contribution in [0.4, 0.5) is 4.79 Å². The van der Waals surface area contributed by atoms with Crippen molar-refractivity contribution >= 4 is 44.6 Å². The van der Waals surface area contributed by atoms with Crippen LogP contribution in [-0.4, -0.2) is 88.8 Å². The fraction of sp³-hybridized carbons (Fsp3) is 0.595. The first-order valence-corrected chi connectivity index (χ1v) is 19.8. The Hall–Kier alpha value is -4.40. The van der Waals surface area contributed by atoms with E-state index in [0.29, 0.717) is 55.7 Å². The summed E-state index contributed by atoms with van der Waals surface area (Å²) in [6.07, 6.45) is 6.25. The van der Waals surface area contributed by atoms with Crippen LogP contribution in [0.25, 0.3) is 10.8 Å². The van der Waals surface area contributed by atoms with Gasteiger partial charge in [-0.25, -0.2) is 18.2 Å². The summed E-state index contributed by atoms with van der Waals surface area (Å²) in [6.45, 7) is 5.98. The molecular weight excluding hydrogens is 691 g/mol. The van der Waals surface area contributed by atoms with Crippen molar-refractivity contribution in [3.05, 3.63) is 42.1 Å². The van der Waals surface area contributed by atoms with Gasteiger partial charge in [-0.3, -0.25) is 19.1 Å². The van der Waals surface area contributed by atoms with E-state index in [1.807, 2.05) is 50.3 Å². The Kier molecular flexibility index (Phi) is 9.37. The zero-order valence-corrected chi connectivity index (χ0v) is 30.5. The molecule has 4 N–H and O–H groups in total. The van der Waals surface area contributed by atoms with Crippen molar-refractivity contribution in [2.24, 2.45) is 17.8 Å². The number of rotatable bonds is 6. The van der Waals surface area contributed by atoms with E-state index >= 15 is 0 Å². The summed E-state index contributed by atoms with van der Waals surface area (Å²) >= 11 is 0. The number of sulfonamides is 1. The number of aryl methyl sites for hydroxylation is 1. The van der Waals surface area contributed by atoms with E-state index in [9.17, 15) is 32.7 Å². The van der Waals surface area contributed by atoms with E-state index in [2.05, 4.69) is 15.4 Å². The lowest BCUT2D eigenvalue weighted by molar-refractivity contribution is -0.142. The highest BCUT2D eigenvalue weighted by Crippen LogP contribution is 2.48. The second-order valence-corrected chi connectivity index (χ2v) is 17.8. The molecule has 4 heterocycles. The molecule has 1 aromatic heterocycles. The van der Waals surface area contributed by atoms with Crippen molar-refractivity contribution in [1.82, 2.24) is 25.2 Å². The number of nitrogens with zero attached hydrogens (tertiary/aromatic N) is 2. The van der Waals surface area contributed by atoms with Gasteiger partial charge in [0.05, 0.1) is 23.6 Å². The quantitative estimate of drug-likeness (QED) is 0.319. The molecule has 5 aliphatic rings. The molecule has 14 nitrogen and oxygen atoms in total. The predicted octanol–water partition coefficient (Wildman–Crippen LogP) is 3.43. The van der Waals surface area contributed by atoms with Gasteiger partial charge in [0.15, 0.2) is 0 Å². The highest BCUT2D eigenvalue weighted by atomic mass is 32.2. The van der Waals surface area contributed by atoms with Crippen LogP contribution in [0, 0.1) is 17.8 Å². The fourth-order valence-corrected chi connectivity index (χ4v) is 9.29. The van der Waals surface area contributed by atoms with Crippen molar-refractivity contribution in [1.29, 1.82) is 0 Å². The van der Waals surface area contributed by atoms with Crippen molar-refractivity contribution in [2.75, 3.05) is 13.2 Å². The lowest BCUT2D eigenvalue weighted by Gasteiger charge is -2.32. The third-order valence-corrected chi connectivity index (χ3v) is 13.7. The molecule has 0 spiro atoms. The standard InChI is InChI=1S/C37H47N5O9S/c1-21-9-4-5-10-23-19-37(23,34(45)41-52(48,49)36(3)14-15-36)40-31(43)28-18-24(20-42(28)33(44)29(22(2)17-21)39-35(46)47)51-32-26-12-7-6-11-25(26)30-27(38-32)13-8-16-50-30/h5-7,10-12,21-24,28-29,39H,4,8-9,13-20H2,1-3H3,(H,40,43)(H,41,45)(H,46,47)/b10-5-/t21-,22-,23-,24-,28+,29+,37-/m1/s1. The van der Waals surface area contributed by atoms with Crippen molar-refractivity contribution in [3.8, 4) is 11.6 Å². The maximum absolute atomic E-state index is 14.4. The molecule has 0 radical (unpaired) electrons. The minimum Gasteiger partial charge on any atom is -0.491 e. The summed E-state index contributed by atoms with van der Waals surface area (Å²) < 4.78 is 40.0. The van der Waals surface area contributed by atoms with E-state index in [-0.39, 0.29) is 25.3 Å². The lowest BCUT2D eigenvalue weighted by Crippen LogP contribution is -2.59. The molecule has 3 fully saturated rings. The normalized spacial score (nSPS) is 32.0. The molecule has 4 amide bonds. The van der Waals surface area contributed by atoms with Crippen LogP contribution in [0.1, 0.15) is 77.8 Å². The molecule has 7 rings (SSSR count). The summed E-state index contributed by atoms with van der Waals surface area (Å²) in [5.74, 6) is -1.71. The van der Waals surface area contributed by atoms with Gasteiger partial charge in [0.25, 0.3) is 5.91 Å². The highest BCUT2D eigenvalue weighted by molar-refractivity contribution is 7.91. The third kappa shape index (κ3) is 6.79. The number of carboxylic acid groups (broad SMARTS) is 1. The average Bonchev–Trinajstić information content (AvgIpc) is 3.98. The van der Waals surface area contributed by atoms with Gasteiger partial charge in [0, 0.05) is 23.1 Å². The Bertz CT molecular complexity index is 1930. The zero-order valence-electron chi connectivity index (χ0n) is 29.7. The molecule has 1 aromatic carbocycles. The first-order valence-electron chi connectivity index (χ1n) is 18.3. The Morgan fingerprint density at radius 3 is 2.62 bits per heavy atom. The second-order valence-electron chi connectivity index (χ2n) is 15.6. The van der Waals surface area contributed by atoms with Crippen LogP contribution in [-0.2, 0) is 30.8 Å². The molecular formula is C37H47N5O9S. The molecule has 2 aliphatic carbocycles. The Balaban J connectivity index is 1.23. The van der Waals surface area contributed by atoms with E-state index in [0.717, 1.165) is 23.9 Å². The van der Waals surface area contributed by atoms with Crippen LogP contribution in [0.5, 0.6) is 11.6 Å². The number of amides is 4. The Morgan fingerprint density at radius 1 is 1.13 bits per heavy atom. The molecule has 0 bridgehead atoms. The SMILES string of the molecule is C[C@@H]1CC/C=C\[C@@H]2C[C@@]2(C(=O)NS(=O)(=O)C2(C)CC2)NC(=O)[C@@H]2C[C@@H](Oc3nc4c(c5ccccc35)OCCC4)CN2C(=O)[C@@H](NC(=O)O)[C@H](C)C1. The number of aromatic nitrogens is 1. The minimum atomic E-state index is -4.00. The molecule has 3 aliphatic heterocycles. The van der Waals surface area contributed by atoms with Gasteiger partial charge in [-0.1, -0.05) is 44.2 Å². The summed E-state index contributed by atoms with van der Waals surface area (Å²) in [4.78, 5) is 60.8. The molecule has 15 heteroatoms. The largest absolute Gasteiger partial charge is 0.491 e. The minimum absolute atomic E-state index is 0.0281. The Labute approximate surface area is 303 Å². The zero-order chi connectivity index (χ0) is 37.0. The fourth-order valence-electron chi connectivity index (χ4n) is 7.98. The monoisotopic (exact) mass is 737 g/mol. The average molecular weight is 738 g/mol. The number of nitrogens with one attached hydrogen (secondary N) is 3. The van der Waals surface area contributed by atoms with Gasteiger partial charge in [0.2, 0.25) is 27.7 Å². The first-order chi connectivity index (χ1) is 24.7. The molecule has 7 atom stereocenters. The maximum atomic E-state index is 14.4. The van der Waals surface area contributed by atoms with Gasteiger partial charge in [-0.15, -0.1) is 0 Å². The van der Waals surface area contributed by atoms with E-state index < -0.39 is 74.1 Å². The van der Waals surface area contributed by atoms with E-state index in [1.165, 1.54) is 4.90 Å². The van der Waals surface area contributed by atoms with Gasteiger partial charge < -0.3 is 30.1 Å². The van der Waals surface area contributed by atoms with E-state index in [1.54, 1.807) is 6.92 Å². The van der Waals surface area contributed by atoms with Crippen LogP contribution >= 0.6 is 0 Å². The van der Waals surface area contributed by atoms with Gasteiger partial charge in [-0.05, 0) is 76.2 Å². The summed E-state index contributed by atoms with van der Waals surface area (Å²) in [5.41, 5.74) is -0.778.